The summed E-state index contributed by atoms with van der Waals surface area (Å²) in [7, 11) is -3.72. The van der Waals surface area contributed by atoms with Gasteiger partial charge in [0.1, 0.15) is 5.82 Å². The maximum Gasteiger partial charge on any atom is 0.264 e. The fraction of sp³-hybridized carbons (Fsp3) is 0.125. The van der Waals surface area contributed by atoms with E-state index in [0.29, 0.717) is 16.3 Å². The number of sulfonamides is 1. The van der Waals surface area contributed by atoms with Crippen LogP contribution in [0, 0.1) is 12.7 Å². The Hall–Kier alpha value is -1.85. The predicted molar refractivity (Wildman–Crippen MR) is 85.9 cm³/mol. The average Bonchev–Trinajstić information content (AvgIpc) is 2.48. The van der Waals surface area contributed by atoms with Gasteiger partial charge in [0.25, 0.3) is 10.0 Å². The number of hydrogen-bond acceptors (Lipinski definition) is 2. The Morgan fingerprint density at radius 3 is 2.50 bits per heavy atom. The van der Waals surface area contributed by atoms with E-state index >= 15 is 0 Å². The summed E-state index contributed by atoms with van der Waals surface area (Å²) in [5, 5.41) is 0.352. The third kappa shape index (κ3) is 2.51. The van der Waals surface area contributed by atoms with Crippen LogP contribution in [0.25, 0.3) is 5.03 Å². The van der Waals surface area contributed by atoms with Crippen LogP contribution in [-0.4, -0.2) is 15.0 Å². The van der Waals surface area contributed by atoms with Crippen LogP contribution in [0.5, 0.6) is 0 Å². The lowest BCUT2D eigenvalue weighted by molar-refractivity contribution is 0.592. The highest BCUT2D eigenvalue weighted by molar-refractivity contribution is 7.92. The summed E-state index contributed by atoms with van der Waals surface area (Å²) in [6.45, 7) is 2.01. The van der Waals surface area contributed by atoms with Crippen molar-refractivity contribution in [1.82, 2.24) is 0 Å². The van der Waals surface area contributed by atoms with Crippen molar-refractivity contribution < 1.29 is 12.8 Å². The van der Waals surface area contributed by atoms with Crippen molar-refractivity contribution in [3.8, 4) is 0 Å². The van der Waals surface area contributed by atoms with Crippen molar-refractivity contribution >= 4 is 32.3 Å². The smallest absolute Gasteiger partial charge is 0.262 e. The molecule has 0 spiro atoms. The minimum absolute atomic E-state index is 0.119. The molecule has 0 unspecified atom stereocenters. The molecule has 2 aromatic carbocycles. The Kier molecular flexibility index (Phi) is 3.70. The highest BCUT2D eigenvalue weighted by Gasteiger charge is 2.29. The molecule has 0 N–H and O–H groups in total. The Morgan fingerprint density at radius 1 is 1.14 bits per heavy atom. The average molecular weight is 338 g/mol. The van der Waals surface area contributed by atoms with Crippen molar-refractivity contribution in [3.63, 3.8) is 0 Å². The molecular weight excluding hydrogens is 325 g/mol. The molecule has 6 heteroatoms. The van der Waals surface area contributed by atoms with Gasteiger partial charge in [0.05, 0.1) is 17.1 Å². The summed E-state index contributed by atoms with van der Waals surface area (Å²) in [6.07, 6.45) is 1.56. The zero-order valence-electron chi connectivity index (χ0n) is 11.8. The van der Waals surface area contributed by atoms with E-state index in [-0.39, 0.29) is 11.4 Å². The normalized spacial score (nSPS) is 14.5. The Bertz CT molecular complexity index is 860. The highest BCUT2D eigenvalue weighted by atomic mass is 35.5. The number of hydrogen-bond donors (Lipinski definition) is 0. The van der Waals surface area contributed by atoms with Gasteiger partial charge < -0.3 is 0 Å². The Morgan fingerprint density at radius 2 is 1.82 bits per heavy atom. The molecule has 1 aliphatic rings. The number of nitrogens with zero attached hydrogens (tertiary/aromatic N) is 1. The number of benzene rings is 2. The number of fused-ring (bicyclic) bond motifs is 1. The summed E-state index contributed by atoms with van der Waals surface area (Å²) in [4.78, 5) is 0.194. The van der Waals surface area contributed by atoms with Crippen LogP contribution in [0.3, 0.4) is 0 Å². The number of rotatable bonds is 2. The summed E-state index contributed by atoms with van der Waals surface area (Å²) >= 11 is 6.07. The van der Waals surface area contributed by atoms with Crippen molar-refractivity contribution in [1.29, 1.82) is 0 Å². The van der Waals surface area contributed by atoms with Crippen LogP contribution >= 0.6 is 11.6 Å². The van der Waals surface area contributed by atoms with Crippen LogP contribution in [0.2, 0.25) is 0 Å². The molecule has 0 aliphatic carbocycles. The van der Waals surface area contributed by atoms with Crippen LogP contribution < -0.4 is 4.31 Å². The minimum atomic E-state index is -3.72. The third-order valence-electron chi connectivity index (χ3n) is 3.53. The summed E-state index contributed by atoms with van der Waals surface area (Å²) < 4.78 is 40.3. The molecule has 3 rings (SSSR count). The topological polar surface area (TPSA) is 37.4 Å². The number of aryl methyl sites for hydroxylation is 1. The van der Waals surface area contributed by atoms with E-state index in [9.17, 15) is 12.8 Å². The molecule has 0 amide bonds. The lowest BCUT2D eigenvalue weighted by Gasteiger charge is -2.28. The van der Waals surface area contributed by atoms with E-state index < -0.39 is 15.8 Å². The third-order valence-corrected chi connectivity index (χ3v) is 5.68. The van der Waals surface area contributed by atoms with Crippen LogP contribution in [-0.2, 0) is 10.0 Å². The van der Waals surface area contributed by atoms with Gasteiger partial charge in [0.15, 0.2) is 0 Å². The van der Waals surface area contributed by atoms with Gasteiger partial charge in [0, 0.05) is 10.6 Å². The summed E-state index contributed by atoms with van der Waals surface area (Å²) in [6, 6.07) is 10.5. The minimum Gasteiger partial charge on any atom is -0.262 e. The van der Waals surface area contributed by atoms with Crippen molar-refractivity contribution in [2.24, 2.45) is 0 Å². The molecule has 0 fully saturated rings. The van der Waals surface area contributed by atoms with Gasteiger partial charge in [-0.25, -0.2) is 12.8 Å². The second-order valence-corrected chi connectivity index (χ2v) is 7.33. The van der Waals surface area contributed by atoms with E-state index in [1.807, 2.05) is 6.92 Å². The molecule has 114 valence electrons. The first kappa shape index (κ1) is 15.1. The number of anilines is 1. The highest BCUT2D eigenvalue weighted by Crippen LogP contribution is 2.37. The Balaban J connectivity index is 2.12. The van der Waals surface area contributed by atoms with E-state index in [1.165, 1.54) is 22.5 Å². The fourth-order valence-corrected chi connectivity index (χ4v) is 4.00. The SMILES string of the molecule is Cc1ccc(S(=O)(=O)N2CC=C(Cl)c3cc(F)ccc32)cc1. The van der Waals surface area contributed by atoms with Crippen molar-refractivity contribution in [2.75, 3.05) is 10.8 Å². The maximum absolute atomic E-state index is 13.4. The largest absolute Gasteiger partial charge is 0.264 e. The van der Waals surface area contributed by atoms with E-state index in [2.05, 4.69) is 0 Å². The second kappa shape index (κ2) is 5.41. The van der Waals surface area contributed by atoms with Crippen LogP contribution in [0.1, 0.15) is 11.1 Å². The van der Waals surface area contributed by atoms with E-state index in [4.69, 9.17) is 11.6 Å². The lowest BCUT2D eigenvalue weighted by atomic mass is 10.1. The summed E-state index contributed by atoms with van der Waals surface area (Å²) in [5.74, 6) is -0.458. The van der Waals surface area contributed by atoms with Gasteiger partial charge in [-0.05, 0) is 43.3 Å². The second-order valence-electron chi connectivity index (χ2n) is 5.06. The lowest BCUT2D eigenvalue weighted by Crippen LogP contribution is -2.33. The molecule has 1 heterocycles. The van der Waals surface area contributed by atoms with Gasteiger partial charge in [-0.1, -0.05) is 29.3 Å². The summed E-state index contributed by atoms with van der Waals surface area (Å²) in [5.41, 5.74) is 1.74. The molecule has 2 aromatic rings. The number of halogens is 2. The van der Waals surface area contributed by atoms with Gasteiger partial charge in [-0.3, -0.25) is 4.31 Å². The molecule has 0 saturated carbocycles. The van der Waals surface area contributed by atoms with Gasteiger partial charge in [-0.2, -0.15) is 0 Å². The molecule has 0 aromatic heterocycles. The molecule has 0 atom stereocenters. The molecular formula is C16H13ClFNO2S. The quantitative estimate of drug-likeness (QED) is 0.832. The standard InChI is InChI=1S/C16H13ClFNO2S/c1-11-2-5-13(6-3-11)22(20,21)19-9-8-15(17)14-10-12(18)4-7-16(14)19/h2-8,10H,9H2,1H3. The first-order valence-corrected chi connectivity index (χ1v) is 8.46. The van der Waals surface area contributed by atoms with Crippen molar-refractivity contribution in [3.05, 3.63) is 65.5 Å². The zero-order chi connectivity index (χ0) is 15.9. The monoisotopic (exact) mass is 337 g/mol. The van der Waals surface area contributed by atoms with Gasteiger partial charge >= 0.3 is 0 Å². The van der Waals surface area contributed by atoms with Gasteiger partial charge in [0.2, 0.25) is 0 Å². The molecule has 0 radical (unpaired) electrons. The van der Waals surface area contributed by atoms with Crippen LogP contribution in [0.4, 0.5) is 10.1 Å². The Labute approximate surface area is 133 Å². The fourth-order valence-electron chi connectivity index (χ4n) is 2.35. The molecule has 22 heavy (non-hydrogen) atoms. The molecule has 1 aliphatic heterocycles. The first-order chi connectivity index (χ1) is 10.4. The van der Waals surface area contributed by atoms with Crippen LogP contribution in [0.15, 0.2) is 53.4 Å². The molecule has 0 saturated heterocycles. The maximum atomic E-state index is 13.4. The van der Waals surface area contributed by atoms with Gasteiger partial charge in [-0.15, -0.1) is 0 Å². The molecule has 0 bridgehead atoms. The predicted octanol–water partition coefficient (Wildman–Crippen LogP) is 3.92. The molecule has 3 nitrogen and oxygen atoms in total. The van der Waals surface area contributed by atoms with Crippen molar-refractivity contribution in [2.45, 2.75) is 11.8 Å². The first-order valence-electron chi connectivity index (χ1n) is 6.64. The zero-order valence-corrected chi connectivity index (χ0v) is 13.3. The van der Waals surface area contributed by atoms with E-state index in [1.54, 1.807) is 30.3 Å². The van der Waals surface area contributed by atoms with E-state index in [0.717, 1.165) is 5.56 Å².